The molecule has 164 valence electrons. The second-order valence-corrected chi connectivity index (χ2v) is 8.28. The van der Waals surface area contributed by atoms with Gasteiger partial charge in [0, 0.05) is 38.4 Å². The molecule has 5 nitrogen and oxygen atoms in total. The molecule has 1 atom stereocenters. The summed E-state index contributed by atoms with van der Waals surface area (Å²) >= 11 is 0. The molecular formula is C26H33N3O2. The van der Waals surface area contributed by atoms with E-state index in [1.165, 1.54) is 16.8 Å². The molecule has 2 N–H and O–H groups in total. The molecule has 1 heterocycles. The Kier molecular flexibility index (Phi) is 7.77. The van der Waals surface area contributed by atoms with Crippen LogP contribution in [0.25, 0.3) is 6.08 Å². The minimum absolute atomic E-state index is 0.273. The van der Waals surface area contributed by atoms with Gasteiger partial charge in [-0.1, -0.05) is 54.6 Å². The molecule has 2 aromatic rings. The molecule has 0 radical (unpaired) electrons. The second-order valence-electron chi connectivity index (χ2n) is 8.28. The molecule has 0 spiro atoms. The number of anilines is 1. The van der Waals surface area contributed by atoms with E-state index in [9.17, 15) is 5.11 Å². The number of hydrogen-bond acceptors (Lipinski definition) is 5. The normalized spacial score (nSPS) is 19.8. The first-order valence-electron chi connectivity index (χ1n) is 11.3. The van der Waals surface area contributed by atoms with E-state index < -0.39 is 6.10 Å². The average Bonchev–Trinajstić information content (AvgIpc) is 2.82. The average molecular weight is 420 g/mol. The molecule has 0 saturated carbocycles. The number of rotatable bonds is 8. The Morgan fingerprint density at radius 1 is 0.968 bits per heavy atom. The van der Waals surface area contributed by atoms with E-state index in [0.717, 1.165) is 51.1 Å². The fourth-order valence-electron chi connectivity index (χ4n) is 4.21. The Bertz CT molecular complexity index is 859. The van der Waals surface area contributed by atoms with Gasteiger partial charge in [0.2, 0.25) is 0 Å². The summed E-state index contributed by atoms with van der Waals surface area (Å²) in [6, 6.07) is 20.9. The minimum Gasteiger partial charge on any atom is -0.389 e. The van der Waals surface area contributed by atoms with E-state index in [0.29, 0.717) is 6.54 Å². The van der Waals surface area contributed by atoms with Crippen LogP contribution in [0.15, 0.2) is 78.0 Å². The van der Waals surface area contributed by atoms with E-state index in [1.54, 1.807) is 0 Å². The predicted octanol–water partition coefficient (Wildman–Crippen LogP) is 3.84. The summed E-state index contributed by atoms with van der Waals surface area (Å²) in [6.45, 7) is 4.78. The molecule has 5 heteroatoms. The molecular weight excluding hydrogens is 386 g/mol. The predicted molar refractivity (Wildman–Crippen MR) is 127 cm³/mol. The maximum atomic E-state index is 10.5. The molecule has 1 saturated heterocycles. The van der Waals surface area contributed by atoms with Crippen LogP contribution in [0, 0.1) is 0 Å². The van der Waals surface area contributed by atoms with E-state index in [4.69, 9.17) is 4.84 Å². The van der Waals surface area contributed by atoms with E-state index in [2.05, 4.69) is 76.0 Å². The van der Waals surface area contributed by atoms with Crippen LogP contribution in [-0.2, 0) is 4.84 Å². The monoisotopic (exact) mass is 419 g/mol. The number of aliphatic hydroxyl groups excluding tert-OH is 1. The Morgan fingerprint density at radius 2 is 1.68 bits per heavy atom. The van der Waals surface area contributed by atoms with Gasteiger partial charge in [0.1, 0.15) is 6.61 Å². The lowest BCUT2D eigenvalue weighted by Gasteiger charge is -2.36. The van der Waals surface area contributed by atoms with Crippen molar-refractivity contribution in [1.29, 1.82) is 0 Å². The van der Waals surface area contributed by atoms with Crippen LogP contribution < -0.4 is 10.4 Å². The molecule has 1 aliphatic heterocycles. The molecule has 4 rings (SSSR count). The quantitative estimate of drug-likeness (QED) is 0.637. The molecule has 1 aliphatic carbocycles. The third kappa shape index (κ3) is 6.44. The van der Waals surface area contributed by atoms with Gasteiger partial charge in [0.15, 0.2) is 0 Å². The standard InChI is InChI=1S/C26H33N3O2/c30-25(20-28-15-17-29(18-16-28)24-12-5-2-6-13-24)21-31-27-26-14-8-7-11-23(26)19-22-9-3-1-4-10-22/h1-6,9-10,12-14,19,25,27,30H,7-8,11,15-18,20-21H2/t25-/m0/s1. The Morgan fingerprint density at radius 3 is 2.42 bits per heavy atom. The van der Waals surface area contributed by atoms with Gasteiger partial charge in [-0.15, -0.1) is 0 Å². The maximum absolute atomic E-state index is 10.5. The third-order valence-electron chi connectivity index (χ3n) is 5.91. The van der Waals surface area contributed by atoms with Crippen LogP contribution in [0.2, 0.25) is 0 Å². The Labute approximate surface area is 185 Å². The lowest BCUT2D eigenvalue weighted by Crippen LogP contribution is -2.49. The number of piperazine rings is 1. The fourth-order valence-corrected chi connectivity index (χ4v) is 4.21. The second kappa shape index (κ2) is 11.1. The Hall–Kier alpha value is -2.60. The highest BCUT2D eigenvalue weighted by Crippen LogP contribution is 2.24. The smallest absolute Gasteiger partial charge is 0.102 e. The van der Waals surface area contributed by atoms with Crippen LogP contribution in [0.1, 0.15) is 24.8 Å². The highest BCUT2D eigenvalue weighted by Gasteiger charge is 2.20. The number of β-amino-alcohol motifs (C(OH)–C–C–N with tert-alkyl or cyclic N) is 1. The molecule has 0 bridgehead atoms. The van der Waals surface area contributed by atoms with Gasteiger partial charge < -0.3 is 10.0 Å². The van der Waals surface area contributed by atoms with Crippen LogP contribution in [0.3, 0.4) is 0 Å². The van der Waals surface area contributed by atoms with Gasteiger partial charge in [-0.25, -0.2) is 0 Å². The topological polar surface area (TPSA) is 48.0 Å². The third-order valence-corrected chi connectivity index (χ3v) is 5.91. The van der Waals surface area contributed by atoms with E-state index in [1.807, 2.05) is 12.1 Å². The van der Waals surface area contributed by atoms with Gasteiger partial charge in [-0.05, 0) is 48.6 Å². The first kappa shape index (κ1) is 21.6. The van der Waals surface area contributed by atoms with Crippen LogP contribution in [0.5, 0.6) is 0 Å². The molecule has 31 heavy (non-hydrogen) atoms. The van der Waals surface area contributed by atoms with Gasteiger partial charge in [-0.3, -0.25) is 15.2 Å². The highest BCUT2D eigenvalue weighted by atomic mass is 16.6. The van der Waals surface area contributed by atoms with Crippen molar-refractivity contribution >= 4 is 11.8 Å². The molecule has 2 aliphatic rings. The zero-order chi connectivity index (χ0) is 21.3. The summed E-state index contributed by atoms with van der Waals surface area (Å²) in [6.07, 6.45) is 7.12. The van der Waals surface area contributed by atoms with Crippen molar-refractivity contribution in [2.24, 2.45) is 0 Å². The van der Waals surface area contributed by atoms with E-state index >= 15 is 0 Å². The fraction of sp³-hybridized carbons (Fsp3) is 0.385. The van der Waals surface area contributed by atoms with Gasteiger partial charge in [0.25, 0.3) is 0 Å². The Balaban J connectivity index is 1.20. The van der Waals surface area contributed by atoms with Crippen molar-refractivity contribution in [3.63, 3.8) is 0 Å². The summed E-state index contributed by atoms with van der Waals surface area (Å²) in [5.74, 6) is 0. The zero-order valence-electron chi connectivity index (χ0n) is 18.1. The maximum Gasteiger partial charge on any atom is 0.102 e. The number of allylic oxidation sites excluding steroid dienone is 2. The van der Waals surface area contributed by atoms with Crippen molar-refractivity contribution < 1.29 is 9.94 Å². The van der Waals surface area contributed by atoms with Crippen molar-refractivity contribution in [2.75, 3.05) is 44.2 Å². The van der Waals surface area contributed by atoms with Gasteiger partial charge in [0.05, 0.1) is 11.8 Å². The lowest BCUT2D eigenvalue weighted by molar-refractivity contribution is -0.0185. The van der Waals surface area contributed by atoms with E-state index in [-0.39, 0.29) is 6.61 Å². The number of nitrogens with one attached hydrogen (secondary N) is 1. The number of para-hydroxylation sites is 1. The summed E-state index contributed by atoms with van der Waals surface area (Å²) < 4.78 is 0. The first-order chi connectivity index (χ1) is 15.3. The molecule has 1 fully saturated rings. The first-order valence-corrected chi connectivity index (χ1v) is 11.3. The summed E-state index contributed by atoms with van der Waals surface area (Å²) in [4.78, 5) is 10.4. The largest absolute Gasteiger partial charge is 0.389 e. The van der Waals surface area contributed by atoms with Crippen molar-refractivity contribution in [2.45, 2.75) is 25.4 Å². The number of hydrogen-bond donors (Lipinski definition) is 2. The van der Waals surface area contributed by atoms with Crippen molar-refractivity contribution in [3.05, 3.63) is 83.6 Å². The van der Waals surface area contributed by atoms with Gasteiger partial charge in [-0.2, -0.15) is 0 Å². The summed E-state index contributed by atoms with van der Waals surface area (Å²) in [5.41, 5.74) is 7.84. The number of nitrogens with zero attached hydrogens (tertiary/aromatic N) is 2. The van der Waals surface area contributed by atoms with Crippen LogP contribution in [-0.4, -0.2) is 55.4 Å². The number of aliphatic hydroxyl groups is 1. The molecule has 2 aromatic carbocycles. The number of benzene rings is 2. The van der Waals surface area contributed by atoms with Crippen molar-refractivity contribution in [3.8, 4) is 0 Å². The SMILES string of the molecule is O[C@H](CONC1=CCCCC1=Cc1ccccc1)CN1CCN(c2ccccc2)CC1. The summed E-state index contributed by atoms with van der Waals surface area (Å²) in [7, 11) is 0. The molecule has 0 unspecified atom stereocenters. The van der Waals surface area contributed by atoms with Gasteiger partial charge >= 0.3 is 0 Å². The lowest BCUT2D eigenvalue weighted by atomic mass is 9.97. The number of hydroxylamine groups is 1. The van der Waals surface area contributed by atoms with Crippen LogP contribution in [0.4, 0.5) is 5.69 Å². The van der Waals surface area contributed by atoms with Crippen molar-refractivity contribution in [1.82, 2.24) is 10.4 Å². The molecule has 0 aromatic heterocycles. The zero-order valence-corrected chi connectivity index (χ0v) is 18.1. The van der Waals surface area contributed by atoms with Crippen LogP contribution >= 0.6 is 0 Å². The minimum atomic E-state index is -0.512. The summed E-state index contributed by atoms with van der Waals surface area (Å²) in [5, 5.41) is 10.5. The highest BCUT2D eigenvalue weighted by molar-refractivity contribution is 5.58. The molecule has 0 amide bonds.